The lowest BCUT2D eigenvalue weighted by Crippen LogP contribution is -2.45. The van der Waals surface area contributed by atoms with Crippen LogP contribution in [0.2, 0.25) is 0 Å². The van der Waals surface area contributed by atoms with Gasteiger partial charge in [0.15, 0.2) is 9.84 Å². The molecule has 0 radical (unpaired) electrons. The standard InChI is InChI=1S/C21H23BrN2O4S/c1-14(2)20(24-21(25)28-19-10-8-18(22)9-11-19)13-29(26,27)15(3)17-6-4-16(12-23)5-7-17/h4-11,14-15,20H,13H2,1-3H3,(H,24,25). The van der Waals surface area contributed by atoms with Gasteiger partial charge in [-0.1, -0.05) is 41.9 Å². The molecule has 0 heterocycles. The van der Waals surface area contributed by atoms with Gasteiger partial charge in [-0.2, -0.15) is 5.26 Å². The number of rotatable bonds is 7. The molecule has 1 N–H and O–H groups in total. The average Bonchev–Trinajstić information content (AvgIpc) is 2.68. The molecule has 0 bridgehead atoms. The van der Waals surface area contributed by atoms with Crippen LogP contribution in [0.1, 0.15) is 37.1 Å². The Labute approximate surface area is 179 Å². The van der Waals surface area contributed by atoms with E-state index in [1.54, 1.807) is 55.5 Å². The van der Waals surface area contributed by atoms with Gasteiger partial charge in [-0.3, -0.25) is 0 Å². The molecule has 29 heavy (non-hydrogen) atoms. The Balaban J connectivity index is 2.08. The number of nitriles is 1. The van der Waals surface area contributed by atoms with Crippen LogP contribution in [0.5, 0.6) is 5.75 Å². The quantitative estimate of drug-likeness (QED) is 0.626. The van der Waals surface area contributed by atoms with Gasteiger partial charge < -0.3 is 10.1 Å². The van der Waals surface area contributed by atoms with Crippen molar-refractivity contribution in [3.05, 3.63) is 64.1 Å². The van der Waals surface area contributed by atoms with Crippen LogP contribution in [0.4, 0.5) is 4.79 Å². The molecular weight excluding hydrogens is 456 g/mol. The van der Waals surface area contributed by atoms with Crippen LogP contribution in [0.25, 0.3) is 0 Å². The summed E-state index contributed by atoms with van der Waals surface area (Å²) in [5, 5.41) is 10.8. The van der Waals surface area contributed by atoms with Gasteiger partial charge >= 0.3 is 6.09 Å². The number of nitrogens with zero attached hydrogens (tertiary/aromatic N) is 1. The second-order valence-corrected chi connectivity index (χ2v) is 10.3. The zero-order valence-electron chi connectivity index (χ0n) is 16.4. The second kappa shape index (κ2) is 9.90. The van der Waals surface area contributed by atoms with E-state index in [2.05, 4.69) is 21.2 Å². The van der Waals surface area contributed by atoms with Gasteiger partial charge in [0.05, 0.1) is 22.6 Å². The predicted octanol–water partition coefficient (Wildman–Crippen LogP) is 4.61. The van der Waals surface area contributed by atoms with Crippen molar-refractivity contribution in [2.75, 3.05) is 5.75 Å². The van der Waals surface area contributed by atoms with Gasteiger partial charge in [-0.25, -0.2) is 13.2 Å². The first-order valence-electron chi connectivity index (χ1n) is 9.08. The first-order chi connectivity index (χ1) is 13.6. The Kier molecular flexibility index (Phi) is 7.82. The van der Waals surface area contributed by atoms with Crippen molar-refractivity contribution in [2.45, 2.75) is 32.1 Å². The Bertz CT molecular complexity index is 981. The summed E-state index contributed by atoms with van der Waals surface area (Å²) in [5.41, 5.74) is 1.07. The van der Waals surface area contributed by atoms with E-state index >= 15 is 0 Å². The first-order valence-corrected chi connectivity index (χ1v) is 11.6. The summed E-state index contributed by atoms with van der Waals surface area (Å²) in [6.45, 7) is 5.28. The molecule has 0 aliphatic heterocycles. The Morgan fingerprint density at radius 3 is 2.21 bits per heavy atom. The topological polar surface area (TPSA) is 96.3 Å². The summed E-state index contributed by atoms with van der Waals surface area (Å²) >= 11 is 3.31. The van der Waals surface area contributed by atoms with E-state index in [9.17, 15) is 13.2 Å². The van der Waals surface area contributed by atoms with E-state index in [-0.39, 0.29) is 11.7 Å². The number of hydrogen-bond donors (Lipinski definition) is 1. The van der Waals surface area contributed by atoms with Gasteiger partial charge in [-0.05, 0) is 54.8 Å². The molecule has 2 aromatic carbocycles. The highest BCUT2D eigenvalue weighted by atomic mass is 79.9. The fourth-order valence-corrected chi connectivity index (χ4v) is 4.72. The molecule has 0 fully saturated rings. The van der Waals surface area contributed by atoms with Gasteiger partial charge in [-0.15, -0.1) is 0 Å². The minimum absolute atomic E-state index is 0.115. The normalized spacial score (nSPS) is 13.4. The van der Waals surface area contributed by atoms with Crippen LogP contribution < -0.4 is 10.1 Å². The lowest BCUT2D eigenvalue weighted by atomic mass is 10.1. The Morgan fingerprint density at radius 1 is 1.10 bits per heavy atom. The maximum Gasteiger partial charge on any atom is 0.412 e. The first kappa shape index (κ1) is 22.9. The van der Waals surface area contributed by atoms with Crippen LogP contribution >= 0.6 is 15.9 Å². The van der Waals surface area contributed by atoms with E-state index in [1.807, 2.05) is 19.9 Å². The van der Waals surface area contributed by atoms with Gasteiger partial charge in [0.1, 0.15) is 5.75 Å². The summed E-state index contributed by atoms with van der Waals surface area (Å²) in [7, 11) is -3.56. The average molecular weight is 479 g/mol. The molecule has 2 unspecified atom stereocenters. The molecule has 154 valence electrons. The molecule has 0 saturated heterocycles. The number of nitrogens with one attached hydrogen (secondary N) is 1. The lowest BCUT2D eigenvalue weighted by Gasteiger charge is -2.24. The van der Waals surface area contributed by atoms with E-state index < -0.39 is 27.2 Å². The summed E-state index contributed by atoms with van der Waals surface area (Å²) in [5.74, 6) is 0.0267. The van der Waals surface area contributed by atoms with Gasteiger partial charge in [0.2, 0.25) is 0 Å². The molecule has 1 amide bonds. The molecule has 0 aliphatic carbocycles. The molecule has 2 aromatic rings. The van der Waals surface area contributed by atoms with Crippen LogP contribution in [0.3, 0.4) is 0 Å². The van der Waals surface area contributed by atoms with Crippen LogP contribution in [-0.4, -0.2) is 26.3 Å². The summed E-state index contributed by atoms with van der Waals surface area (Å²) in [6, 6.07) is 14.6. The van der Waals surface area contributed by atoms with Crippen LogP contribution in [0.15, 0.2) is 53.0 Å². The third kappa shape index (κ3) is 6.58. The van der Waals surface area contributed by atoms with Crippen molar-refractivity contribution >= 4 is 31.9 Å². The number of sulfone groups is 1. The maximum atomic E-state index is 12.9. The molecule has 0 aliphatic rings. The number of hydrogen-bond acceptors (Lipinski definition) is 5. The largest absolute Gasteiger partial charge is 0.412 e. The van der Waals surface area contributed by atoms with Crippen molar-refractivity contribution in [1.29, 1.82) is 5.26 Å². The van der Waals surface area contributed by atoms with Crippen molar-refractivity contribution in [3.63, 3.8) is 0 Å². The van der Waals surface area contributed by atoms with Crippen molar-refractivity contribution < 1.29 is 17.9 Å². The predicted molar refractivity (Wildman–Crippen MR) is 115 cm³/mol. The molecule has 8 heteroatoms. The van der Waals surface area contributed by atoms with Crippen LogP contribution in [0, 0.1) is 17.2 Å². The number of carbonyl (C=O) groups excluding carboxylic acids is 1. The van der Waals surface area contributed by atoms with E-state index in [4.69, 9.17) is 10.00 Å². The Morgan fingerprint density at radius 2 is 1.69 bits per heavy atom. The fourth-order valence-electron chi connectivity index (χ4n) is 2.62. The minimum atomic E-state index is -3.56. The highest BCUT2D eigenvalue weighted by molar-refractivity contribution is 9.10. The SMILES string of the molecule is CC(C)C(CS(=O)(=O)C(C)c1ccc(C#N)cc1)NC(=O)Oc1ccc(Br)cc1. The van der Waals surface area contributed by atoms with Gasteiger partial charge in [0.25, 0.3) is 0 Å². The van der Waals surface area contributed by atoms with E-state index in [1.165, 1.54) is 0 Å². The molecule has 0 saturated carbocycles. The maximum absolute atomic E-state index is 12.9. The highest BCUT2D eigenvalue weighted by Gasteiger charge is 2.29. The smallest absolute Gasteiger partial charge is 0.410 e. The van der Waals surface area contributed by atoms with E-state index in [0.717, 1.165) is 4.47 Å². The third-order valence-corrected chi connectivity index (χ3v) is 7.29. The number of ether oxygens (including phenoxy) is 1. The molecule has 6 nitrogen and oxygen atoms in total. The summed E-state index contributed by atoms with van der Waals surface area (Å²) in [4.78, 5) is 12.2. The van der Waals surface area contributed by atoms with Crippen molar-refractivity contribution in [1.82, 2.24) is 5.32 Å². The number of carbonyl (C=O) groups is 1. The number of benzene rings is 2. The summed E-state index contributed by atoms with van der Waals surface area (Å²) in [6.07, 6.45) is -0.702. The lowest BCUT2D eigenvalue weighted by molar-refractivity contribution is 0.193. The van der Waals surface area contributed by atoms with Crippen molar-refractivity contribution in [2.24, 2.45) is 5.92 Å². The monoisotopic (exact) mass is 478 g/mol. The third-order valence-electron chi connectivity index (χ3n) is 4.59. The molecule has 0 aromatic heterocycles. The van der Waals surface area contributed by atoms with Gasteiger partial charge in [0, 0.05) is 10.5 Å². The Hall–Kier alpha value is -2.37. The van der Waals surface area contributed by atoms with E-state index in [0.29, 0.717) is 16.9 Å². The fraction of sp³-hybridized carbons (Fsp3) is 0.333. The molecule has 2 rings (SSSR count). The molecular formula is C21H23BrN2O4S. The number of halogens is 1. The minimum Gasteiger partial charge on any atom is -0.410 e. The molecule has 0 spiro atoms. The zero-order valence-corrected chi connectivity index (χ0v) is 18.8. The number of amides is 1. The zero-order chi connectivity index (χ0) is 21.6. The van der Waals surface area contributed by atoms with Crippen molar-refractivity contribution in [3.8, 4) is 11.8 Å². The van der Waals surface area contributed by atoms with Crippen LogP contribution in [-0.2, 0) is 9.84 Å². The molecule has 2 atom stereocenters. The second-order valence-electron chi connectivity index (χ2n) is 7.04. The summed E-state index contributed by atoms with van der Waals surface area (Å²) < 4.78 is 31.9. The highest BCUT2D eigenvalue weighted by Crippen LogP contribution is 2.25.